The fourth-order valence-corrected chi connectivity index (χ4v) is 3.92. The van der Waals surface area contributed by atoms with Crippen LogP contribution in [0.2, 0.25) is 5.15 Å². The lowest BCUT2D eigenvalue weighted by atomic mass is 10.1. The highest BCUT2D eigenvalue weighted by molar-refractivity contribution is 6.29. The molecule has 9 heteroatoms. The number of anilines is 1. The van der Waals surface area contributed by atoms with E-state index in [4.69, 9.17) is 26.2 Å². The van der Waals surface area contributed by atoms with Crippen LogP contribution >= 0.6 is 11.6 Å². The maximum atomic E-state index is 12.0. The summed E-state index contributed by atoms with van der Waals surface area (Å²) in [6.07, 6.45) is 2.64. The van der Waals surface area contributed by atoms with Gasteiger partial charge in [0.2, 0.25) is 0 Å². The van der Waals surface area contributed by atoms with Gasteiger partial charge in [0.1, 0.15) is 22.3 Å². The Balaban J connectivity index is 1.61. The molecule has 2 aromatic heterocycles. The molecule has 0 unspecified atom stereocenters. The Hall–Kier alpha value is -2.84. The van der Waals surface area contributed by atoms with Crippen LogP contribution < -0.4 is 15.0 Å². The number of carbonyl (C=O) groups is 1. The molecule has 33 heavy (non-hydrogen) atoms. The molecule has 0 aliphatic rings. The van der Waals surface area contributed by atoms with Gasteiger partial charge >= 0.3 is 5.97 Å². The number of esters is 1. The van der Waals surface area contributed by atoms with E-state index in [9.17, 15) is 4.79 Å². The van der Waals surface area contributed by atoms with Gasteiger partial charge in [0, 0.05) is 25.7 Å². The first kappa shape index (κ1) is 24.8. The van der Waals surface area contributed by atoms with Crippen LogP contribution in [0.4, 0.5) is 5.82 Å². The van der Waals surface area contributed by atoms with E-state index in [-0.39, 0.29) is 6.04 Å². The van der Waals surface area contributed by atoms with Crippen molar-refractivity contribution < 1.29 is 14.3 Å². The van der Waals surface area contributed by atoms with Crippen LogP contribution in [0.1, 0.15) is 53.8 Å². The number of hydrogen-bond donors (Lipinski definition) is 1. The summed E-state index contributed by atoms with van der Waals surface area (Å²) in [5.41, 5.74) is 3.10. The van der Waals surface area contributed by atoms with Crippen molar-refractivity contribution in [3.05, 3.63) is 52.3 Å². The highest BCUT2D eigenvalue weighted by Gasteiger charge is 2.17. The second kappa shape index (κ2) is 11.3. The van der Waals surface area contributed by atoms with Gasteiger partial charge in [-0.2, -0.15) is 9.61 Å². The number of aromatic nitrogens is 3. The predicted octanol–water partition coefficient (Wildman–Crippen LogP) is 4.44. The number of halogens is 1. The van der Waals surface area contributed by atoms with E-state index >= 15 is 0 Å². The van der Waals surface area contributed by atoms with Crippen molar-refractivity contribution in [1.29, 1.82) is 0 Å². The zero-order valence-corrected chi connectivity index (χ0v) is 20.6. The minimum absolute atomic E-state index is 0.164. The van der Waals surface area contributed by atoms with Crippen LogP contribution in [0, 0.1) is 6.92 Å². The van der Waals surface area contributed by atoms with Crippen molar-refractivity contribution in [3.8, 4) is 5.75 Å². The standard InChI is InChI=1S/C24H32ClN5O3/c1-6-18(26-3)19-14-22-27-21(25)15-23(30(22)28-19)29(4)11-7-8-12-33-20-10-9-16(2)13-17(20)24(31)32-5/h9-10,13-15,18,26H,6-8,11-12H2,1-5H3/t18-/m0/s1. The first-order chi connectivity index (χ1) is 15.9. The molecule has 0 saturated carbocycles. The van der Waals surface area contributed by atoms with Crippen molar-refractivity contribution >= 4 is 29.0 Å². The first-order valence-electron chi connectivity index (χ1n) is 11.1. The second-order valence-corrected chi connectivity index (χ2v) is 8.38. The Morgan fingerprint density at radius 3 is 2.76 bits per heavy atom. The smallest absolute Gasteiger partial charge is 0.341 e. The second-order valence-electron chi connectivity index (χ2n) is 7.99. The minimum atomic E-state index is -0.394. The van der Waals surface area contributed by atoms with Crippen LogP contribution in [0.5, 0.6) is 5.75 Å². The maximum absolute atomic E-state index is 12.0. The van der Waals surface area contributed by atoms with Crippen molar-refractivity contribution in [2.75, 3.05) is 39.3 Å². The lowest BCUT2D eigenvalue weighted by Gasteiger charge is -2.20. The third kappa shape index (κ3) is 5.94. The van der Waals surface area contributed by atoms with E-state index in [1.165, 1.54) is 7.11 Å². The van der Waals surface area contributed by atoms with Gasteiger partial charge in [0.05, 0.1) is 25.5 Å². The highest BCUT2D eigenvalue weighted by atomic mass is 35.5. The molecule has 3 aromatic rings. The van der Waals surface area contributed by atoms with Crippen LogP contribution in [0.15, 0.2) is 30.3 Å². The molecule has 0 amide bonds. The Morgan fingerprint density at radius 2 is 2.06 bits per heavy atom. The molecule has 0 radical (unpaired) electrons. The molecule has 3 rings (SSSR count). The van der Waals surface area contributed by atoms with Gasteiger partial charge in [-0.3, -0.25) is 0 Å². The number of unbranched alkanes of at least 4 members (excludes halogenated alkanes) is 1. The van der Waals surface area contributed by atoms with Gasteiger partial charge < -0.3 is 19.7 Å². The summed E-state index contributed by atoms with van der Waals surface area (Å²) in [6.45, 7) is 5.33. The number of nitrogens with one attached hydrogen (secondary N) is 1. The van der Waals surface area contributed by atoms with Crippen molar-refractivity contribution in [3.63, 3.8) is 0 Å². The van der Waals surface area contributed by atoms with Gasteiger partial charge in [0.15, 0.2) is 5.65 Å². The number of rotatable bonds is 11. The summed E-state index contributed by atoms with van der Waals surface area (Å²) in [7, 11) is 5.31. The van der Waals surface area contributed by atoms with E-state index in [1.807, 2.05) is 49.8 Å². The summed E-state index contributed by atoms with van der Waals surface area (Å²) in [5, 5.41) is 8.48. The zero-order chi connectivity index (χ0) is 24.0. The molecule has 8 nitrogen and oxygen atoms in total. The molecule has 2 heterocycles. The summed E-state index contributed by atoms with van der Waals surface area (Å²) in [5.74, 6) is 1.03. The summed E-state index contributed by atoms with van der Waals surface area (Å²) in [6, 6.07) is 9.48. The topological polar surface area (TPSA) is 81.0 Å². The molecule has 0 bridgehead atoms. The summed E-state index contributed by atoms with van der Waals surface area (Å²) < 4.78 is 12.6. The largest absolute Gasteiger partial charge is 0.493 e. The summed E-state index contributed by atoms with van der Waals surface area (Å²) in [4.78, 5) is 18.5. The minimum Gasteiger partial charge on any atom is -0.493 e. The predicted molar refractivity (Wildman–Crippen MR) is 131 cm³/mol. The molecule has 178 valence electrons. The van der Waals surface area contributed by atoms with Crippen LogP contribution in [0.25, 0.3) is 5.65 Å². The van der Waals surface area contributed by atoms with E-state index in [0.29, 0.717) is 23.1 Å². The molecular weight excluding hydrogens is 442 g/mol. The maximum Gasteiger partial charge on any atom is 0.341 e. The number of fused-ring (bicyclic) bond motifs is 1. The van der Waals surface area contributed by atoms with Gasteiger partial charge in [-0.05, 0) is 45.4 Å². The van der Waals surface area contributed by atoms with E-state index in [2.05, 4.69) is 22.1 Å². The molecule has 1 aromatic carbocycles. The fraction of sp³-hybridized carbons (Fsp3) is 0.458. The van der Waals surface area contributed by atoms with Gasteiger partial charge in [-0.1, -0.05) is 30.2 Å². The quantitative estimate of drug-likeness (QED) is 0.250. The van der Waals surface area contributed by atoms with E-state index in [0.717, 1.165) is 48.5 Å². The van der Waals surface area contributed by atoms with Crippen molar-refractivity contribution in [1.82, 2.24) is 19.9 Å². The van der Waals surface area contributed by atoms with Crippen LogP contribution in [-0.4, -0.2) is 54.9 Å². The number of aryl methyl sites for hydroxylation is 1. The Labute approximate surface area is 199 Å². The average molecular weight is 474 g/mol. The Bertz CT molecular complexity index is 1100. The van der Waals surface area contributed by atoms with Crippen molar-refractivity contribution in [2.24, 2.45) is 0 Å². The number of ether oxygens (including phenoxy) is 2. The van der Waals surface area contributed by atoms with Crippen LogP contribution in [-0.2, 0) is 4.74 Å². The summed E-state index contributed by atoms with van der Waals surface area (Å²) >= 11 is 6.29. The molecule has 0 aliphatic heterocycles. The van der Waals surface area contributed by atoms with Crippen LogP contribution in [0.3, 0.4) is 0 Å². The first-order valence-corrected chi connectivity index (χ1v) is 11.5. The third-order valence-electron chi connectivity index (χ3n) is 5.59. The third-order valence-corrected chi connectivity index (χ3v) is 5.78. The molecule has 0 fully saturated rings. The number of benzene rings is 1. The Morgan fingerprint density at radius 1 is 1.27 bits per heavy atom. The van der Waals surface area contributed by atoms with Gasteiger partial charge in [0.25, 0.3) is 0 Å². The number of methoxy groups -OCH3 is 1. The lowest BCUT2D eigenvalue weighted by molar-refractivity contribution is 0.0596. The molecule has 1 N–H and O–H groups in total. The highest BCUT2D eigenvalue weighted by Crippen LogP contribution is 2.24. The molecule has 0 aliphatic carbocycles. The molecule has 0 spiro atoms. The van der Waals surface area contributed by atoms with E-state index < -0.39 is 5.97 Å². The monoisotopic (exact) mass is 473 g/mol. The van der Waals surface area contributed by atoms with E-state index in [1.54, 1.807) is 6.07 Å². The molecule has 0 saturated heterocycles. The number of hydrogen-bond acceptors (Lipinski definition) is 7. The van der Waals surface area contributed by atoms with Gasteiger partial charge in [-0.25, -0.2) is 9.78 Å². The number of carbonyl (C=O) groups excluding carboxylic acids is 1. The SMILES string of the molecule is CC[C@H](NC)c1cc2nc(Cl)cc(N(C)CCCCOc3ccc(C)cc3C(=O)OC)n2n1. The fourth-order valence-electron chi connectivity index (χ4n) is 3.74. The molecule has 1 atom stereocenters. The molecular formula is C24H32ClN5O3. The zero-order valence-electron chi connectivity index (χ0n) is 19.9. The normalized spacial score (nSPS) is 12.1. The average Bonchev–Trinajstić information content (AvgIpc) is 3.22. The lowest BCUT2D eigenvalue weighted by Crippen LogP contribution is -2.22. The van der Waals surface area contributed by atoms with Gasteiger partial charge in [-0.15, -0.1) is 0 Å². The number of nitrogens with zero attached hydrogens (tertiary/aromatic N) is 4. The van der Waals surface area contributed by atoms with Crippen molar-refractivity contribution in [2.45, 2.75) is 39.2 Å². The Kier molecular flexibility index (Phi) is 8.52.